The minimum atomic E-state index is -0.726. The first-order valence-corrected chi connectivity index (χ1v) is 4.68. The first-order chi connectivity index (χ1) is 5.31. The summed E-state index contributed by atoms with van der Waals surface area (Å²) in [5.74, 6) is -0.291. The van der Waals surface area contributed by atoms with Crippen LogP contribution in [0.3, 0.4) is 0 Å². The summed E-state index contributed by atoms with van der Waals surface area (Å²) in [6.07, 6.45) is 6.76. The van der Waals surface area contributed by atoms with Crippen molar-refractivity contribution >= 4 is 0 Å². The molecule has 0 amide bonds. The van der Waals surface area contributed by atoms with Crippen LogP contribution in [0.25, 0.3) is 0 Å². The molecular weight excluding hydrogens is 280 g/mol. The molecule has 0 spiro atoms. The average molecular weight is 296 g/mol. The van der Waals surface area contributed by atoms with Crippen molar-refractivity contribution in [1.82, 2.24) is 0 Å². The van der Waals surface area contributed by atoms with Gasteiger partial charge in [0.25, 0.3) is 0 Å². The molecule has 1 aliphatic carbocycles. The van der Waals surface area contributed by atoms with E-state index in [2.05, 4.69) is 0 Å². The van der Waals surface area contributed by atoms with Crippen LogP contribution in [0, 0.1) is 47.7 Å². The standard InChI is InChI=1S/C9H16O2.Ce/c10-9-6-3-1-2-4-8(9)5-7-11-9;/h8,10H,1-7H2;. The van der Waals surface area contributed by atoms with Crippen LogP contribution in [0.5, 0.6) is 0 Å². The van der Waals surface area contributed by atoms with Gasteiger partial charge in [0.2, 0.25) is 0 Å². The van der Waals surface area contributed by atoms with Gasteiger partial charge in [-0.15, -0.1) is 0 Å². The summed E-state index contributed by atoms with van der Waals surface area (Å²) in [5.41, 5.74) is 0. The molecule has 0 bridgehead atoms. The van der Waals surface area contributed by atoms with Gasteiger partial charge in [-0.3, -0.25) is 0 Å². The molecule has 0 aromatic heterocycles. The molecule has 0 radical (unpaired) electrons. The molecule has 2 atom stereocenters. The minimum Gasteiger partial charge on any atom is -0.365 e. The monoisotopic (exact) mass is 296 g/mol. The van der Waals surface area contributed by atoms with Crippen LogP contribution >= 0.6 is 0 Å². The summed E-state index contributed by atoms with van der Waals surface area (Å²) in [6, 6.07) is 0. The predicted octanol–water partition coefficient (Wildman–Crippen LogP) is 1.68. The summed E-state index contributed by atoms with van der Waals surface area (Å²) in [6.45, 7) is 0.765. The number of hydrogen-bond donors (Lipinski definition) is 1. The zero-order valence-electron chi connectivity index (χ0n) is 7.38. The molecule has 12 heavy (non-hydrogen) atoms. The molecule has 1 N–H and O–H groups in total. The van der Waals surface area contributed by atoms with Gasteiger partial charge in [0.15, 0.2) is 5.79 Å². The van der Waals surface area contributed by atoms with Crippen molar-refractivity contribution in [3.63, 3.8) is 0 Å². The zero-order chi connectivity index (χ0) is 7.73. The second-order valence-electron chi connectivity index (χ2n) is 3.78. The molecule has 0 aromatic rings. The van der Waals surface area contributed by atoms with E-state index in [0.29, 0.717) is 5.92 Å². The van der Waals surface area contributed by atoms with Gasteiger partial charge < -0.3 is 9.84 Å². The summed E-state index contributed by atoms with van der Waals surface area (Å²) < 4.78 is 5.38. The number of fused-ring (bicyclic) bond motifs is 1. The van der Waals surface area contributed by atoms with Crippen LogP contribution in [-0.4, -0.2) is 17.5 Å². The van der Waals surface area contributed by atoms with E-state index in [1.54, 1.807) is 0 Å². The first-order valence-electron chi connectivity index (χ1n) is 4.68. The molecule has 0 aromatic carbocycles. The molecule has 1 saturated heterocycles. The summed E-state index contributed by atoms with van der Waals surface area (Å²) in [5, 5.41) is 9.97. The topological polar surface area (TPSA) is 29.5 Å². The van der Waals surface area contributed by atoms with Crippen molar-refractivity contribution in [1.29, 1.82) is 0 Å². The molecule has 1 saturated carbocycles. The maximum atomic E-state index is 9.97. The molecule has 1 heterocycles. The van der Waals surface area contributed by atoms with Crippen LogP contribution in [-0.2, 0) is 4.74 Å². The maximum Gasteiger partial charge on any atom is 0.168 e. The predicted molar refractivity (Wildman–Crippen MR) is 42.1 cm³/mol. The van der Waals surface area contributed by atoms with E-state index in [4.69, 9.17) is 4.74 Å². The Morgan fingerprint density at radius 3 is 2.83 bits per heavy atom. The van der Waals surface area contributed by atoms with Crippen molar-refractivity contribution in [2.24, 2.45) is 5.92 Å². The Bertz CT molecular complexity index is 151. The fourth-order valence-electron chi connectivity index (χ4n) is 2.31. The van der Waals surface area contributed by atoms with Gasteiger partial charge in [-0.2, -0.15) is 0 Å². The molecule has 2 nitrogen and oxygen atoms in total. The Kier molecular flexibility index (Phi) is 4.44. The average Bonchev–Trinajstić information content (AvgIpc) is 2.24. The molecule has 2 aliphatic rings. The number of aliphatic hydroxyl groups is 1. The molecule has 68 valence electrons. The largest absolute Gasteiger partial charge is 0.365 e. The third kappa shape index (κ3) is 2.21. The maximum absolute atomic E-state index is 9.97. The van der Waals surface area contributed by atoms with Crippen LogP contribution in [0.1, 0.15) is 38.5 Å². The molecular formula is C9H16CeO2. The van der Waals surface area contributed by atoms with Crippen LogP contribution in [0.2, 0.25) is 0 Å². The van der Waals surface area contributed by atoms with Crippen molar-refractivity contribution in [3.05, 3.63) is 0 Å². The van der Waals surface area contributed by atoms with Gasteiger partial charge in [0.05, 0.1) is 6.61 Å². The Labute approximate surface area is 107 Å². The quantitative estimate of drug-likeness (QED) is 0.737. The van der Waals surface area contributed by atoms with E-state index in [-0.39, 0.29) is 41.7 Å². The van der Waals surface area contributed by atoms with E-state index in [0.717, 1.165) is 32.3 Å². The second kappa shape index (κ2) is 4.69. The fraction of sp³-hybridized carbons (Fsp3) is 1.00. The third-order valence-corrected chi connectivity index (χ3v) is 3.04. The summed E-state index contributed by atoms with van der Waals surface area (Å²) in [4.78, 5) is 0. The third-order valence-electron chi connectivity index (χ3n) is 3.04. The van der Waals surface area contributed by atoms with E-state index in [9.17, 15) is 5.11 Å². The van der Waals surface area contributed by atoms with Crippen molar-refractivity contribution in [3.8, 4) is 0 Å². The second-order valence-corrected chi connectivity index (χ2v) is 3.78. The minimum absolute atomic E-state index is 0. The Hall–Kier alpha value is 1.30. The molecule has 3 heteroatoms. The fourth-order valence-corrected chi connectivity index (χ4v) is 2.31. The first kappa shape index (κ1) is 11.4. The van der Waals surface area contributed by atoms with Crippen LogP contribution < -0.4 is 0 Å². The van der Waals surface area contributed by atoms with E-state index in [1.165, 1.54) is 12.8 Å². The van der Waals surface area contributed by atoms with Gasteiger partial charge in [-0.1, -0.05) is 12.8 Å². The normalized spacial score (nSPS) is 41.2. The van der Waals surface area contributed by atoms with Crippen LogP contribution in [0.4, 0.5) is 0 Å². The van der Waals surface area contributed by atoms with Gasteiger partial charge >= 0.3 is 0 Å². The summed E-state index contributed by atoms with van der Waals surface area (Å²) in [7, 11) is 0. The van der Waals surface area contributed by atoms with E-state index in [1.807, 2.05) is 0 Å². The van der Waals surface area contributed by atoms with E-state index >= 15 is 0 Å². The van der Waals surface area contributed by atoms with Crippen molar-refractivity contribution in [2.75, 3.05) is 6.61 Å². The Morgan fingerprint density at radius 2 is 2.00 bits per heavy atom. The molecule has 1 aliphatic heterocycles. The van der Waals surface area contributed by atoms with Crippen molar-refractivity contribution in [2.45, 2.75) is 44.3 Å². The Balaban J connectivity index is 0.000000720. The van der Waals surface area contributed by atoms with Gasteiger partial charge in [-0.05, 0) is 19.3 Å². The zero-order valence-corrected chi connectivity index (χ0v) is 10.5. The number of ether oxygens (including phenoxy) is 1. The molecule has 2 unspecified atom stereocenters. The van der Waals surface area contributed by atoms with Crippen molar-refractivity contribution < 1.29 is 51.6 Å². The van der Waals surface area contributed by atoms with E-state index < -0.39 is 5.79 Å². The Morgan fingerprint density at radius 1 is 1.17 bits per heavy atom. The summed E-state index contributed by atoms with van der Waals surface area (Å²) >= 11 is 0. The SMILES string of the molecule is OC12CCCCCC1CCO2.[Ce]. The number of rotatable bonds is 0. The number of hydrogen-bond acceptors (Lipinski definition) is 2. The van der Waals surface area contributed by atoms with Gasteiger partial charge in [-0.25, -0.2) is 0 Å². The van der Waals surface area contributed by atoms with Crippen LogP contribution in [0.15, 0.2) is 0 Å². The molecule has 2 rings (SSSR count). The van der Waals surface area contributed by atoms with Gasteiger partial charge in [0, 0.05) is 54.1 Å². The molecule has 2 fully saturated rings. The van der Waals surface area contributed by atoms with Gasteiger partial charge in [0.1, 0.15) is 0 Å². The smallest absolute Gasteiger partial charge is 0.168 e.